The van der Waals surface area contributed by atoms with Crippen molar-refractivity contribution in [3.05, 3.63) is 23.8 Å². The lowest BCUT2D eigenvalue weighted by Crippen LogP contribution is -2.50. The predicted molar refractivity (Wildman–Crippen MR) is 90.6 cm³/mol. The second-order valence-corrected chi connectivity index (χ2v) is 6.56. The number of benzene rings is 1. The average molecular weight is 334 g/mol. The molecule has 0 radical (unpaired) electrons. The third-order valence-electron chi connectivity index (χ3n) is 4.91. The zero-order valence-electron chi connectivity index (χ0n) is 14.4. The molecule has 2 aliphatic rings. The van der Waals surface area contributed by atoms with Crippen LogP contribution in [-0.4, -0.2) is 73.9 Å². The van der Waals surface area contributed by atoms with Gasteiger partial charge >= 0.3 is 0 Å². The summed E-state index contributed by atoms with van der Waals surface area (Å²) in [4.78, 5) is 16.9. The van der Waals surface area contributed by atoms with Crippen LogP contribution in [0.1, 0.15) is 23.2 Å². The number of β-amino-alcohol motifs (C(OH)–C–C–N with tert-alkyl or cyclic N) is 1. The van der Waals surface area contributed by atoms with Gasteiger partial charge in [0.1, 0.15) is 11.5 Å². The quantitative estimate of drug-likeness (QED) is 0.848. The highest BCUT2D eigenvalue weighted by molar-refractivity contribution is 5.97. The lowest BCUT2D eigenvalue weighted by molar-refractivity contribution is 0.0486. The average Bonchev–Trinajstić information content (AvgIpc) is 3.46. The van der Waals surface area contributed by atoms with Gasteiger partial charge in [0.25, 0.3) is 5.91 Å². The smallest absolute Gasteiger partial charge is 0.257 e. The minimum absolute atomic E-state index is 0.0168. The number of carbonyl (C=O) groups excluding carboxylic acids is 1. The molecular formula is C18H26N2O4. The topological polar surface area (TPSA) is 62.2 Å². The Morgan fingerprint density at radius 3 is 2.50 bits per heavy atom. The molecule has 1 heterocycles. The van der Waals surface area contributed by atoms with E-state index in [2.05, 4.69) is 4.90 Å². The van der Waals surface area contributed by atoms with E-state index in [-0.39, 0.29) is 12.0 Å². The van der Waals surface area contributed by atoms with E-state index in [4.69, 9.17) is 9.47 Å². The van der Waals surface area contributed by atoms with Crippen molar-refractivity contribution in [2.24, 2.45) is 5.92 Å². The number of aliphatic hydroxyl groups is 1. The van der Waals surface area contributed by atoms with E-state index in [1.54, 1.807) is 32.4 Å². The molecule has 1 N–H and O–H groups in total. The molecule has 1 aromatic rings. The molecule has 1 aliphatic heterocycles. The fraction of sp³-hybridized carbons (Fsp3) is 0.611. The molecule has 0 unspecified atom stereocenters. The van der Waals surface area contributed by atoms with Crippen LogP contribution in [0.3, 0.4) is 0 Å². The number of piperazine rings is 1. The molecule has 2 fully saturated rings. The first-order valence-electron chi connectivity index (χ1n) is 8.54. The number of hydrogen-bond acceptors (Lipinski definition) is 5. The Labute approximate surface area is 143 Å². The third-order valence-corrected chi connectivity index (χ3v) is 4.91. The summed E-state index contributed by atoms with van der Waals surface area (Å²) in [7, 11) is 3.15. The lowest BCUT2D eigenvalue weighted by atomic mass is 10.1. The van der Waals surface area contributed by atoms with Crippen molar-refractivity contribution < 1.29 is 19.4 Å². The number of amides is 1. The van der Waals surface area contributed by atoms with Gasteiger partial charge in [-0.15, -0.1) is 0 Å². The molecule has 6 nitrogen and oxygen atoms in total. The summed E-state index contributed by atoms with van der Waals surface area (Å²) in [6.45, 7) is 3.66. The van der Waals surface area contributed by atoms with Gasteiger partial charge in [-0.05, 0) is 30.9 Å². The minimum Gasteiger partial charge on any atom is -0.497 e. The van der Waals surface area contributed by atoms with Gasteiger partial charge < -0.3 is 19.5 Å². The summed E-state index contributed by atoms with van der Waals surface area (Å²) < 4.78 is 10.5. The van der Waals surface area contributed by atoms with E-state index in [9.17, 15) is 9.90 Å². The number of hydrogen-bond donors (Lipinski definition) is 1. The van der Waals surface area contributed by atoms with Crippen LogP contribution in [0.5, 0.6) is 11.5 Å². The number of methoxy groups -OCH3 is 2. The Morgan fingerprint density at radius 1 is 1.21 bits per heavy atom. The Bertz CT molecular complexity index is 580. The molecule has 1 aliphatic carbocycles. The Morgan fingerprint density at radius 2 is 1.92 bits per heavy atom. The van der Waals surface area contributed by atoms with Gasteiger partial charge in [-0.1, -0.05) is 0 Å². The largest absolute Gasteiger partial charge is 0.497 e. The van der Waals surface area contributed by atoms with Crippen LogP contribution in [-0.2, 0) is 0 Å². The number of nitrogens with zero attached hydrogens (tertiary/aromatic N) is 2. The second-order valence-electron chi connectivity index (χ2n) is 6.56. The van der Waals surface area contributed by atoms with Gasteiger partial charge in [0, 0.05) is 38.8 Å². The maximum Gasteiger partial charge on any atom is 0.257 e. The van der Waals surface area contributed by atoms with E-state index < -0.39 is 0 Å². The summed E-state index contributed by atoms with van der Waals surface area (Å²) in [5, 5.41) is 10.1. The SMILES string of the molecule is COc1ccc(C(=O)N2CCN(C[C@H](O)C3CC3)CC2)c(OC)c1. The van der Waals surface area contributed by atoms with Crippen LogP contribution in [0.15, 0.2) is 18.2 Å². The van der Waals surface area contributed by atoms with Crippen molar-refractivity contribution in [2.45, 2.75) is 18.9 Å². The summed E-state index contributed by atoms with van der Waals surface area (Å²) >= 11 is 0. The molecule has 24 heavy (non-hydrogen) atoms. The van der Waals surface area contributed by atoms with Crippen molar-refractivity contribution in [3.63, 3.8) is 0 Å². The number of rotatable bonds is 6. The monoisotopic (exact) mass is 334 g/mol. The fourth-order valence-corrected chi connectivity index (χ4v) is 3.17. The maximum atomic E-state index is 12.8. The van der Waals surface area contributed by atoms with Crippen LogP contribution >= 0.6 is 0 Å². The third kappa shape index (κ3) is 3.82. The van der Waals surface area contributed by atoms with Crippen LogP contribution in [0, 0.1) is 5.92 Å². The molecule has 1 saturated carbocycles. The van der Waals surface area contributed by atoms with Crippen LogP contribution in [0.25, 0.3) is 0 Å². The van der Waals surface area contributed by atoms with E-state index in [0.29, 0.717) is 36.1 Å². The Balaban J connectivity index is 1.58. The molecule has 0 aromatic heterocycles. The second kappa shape index (κ2) is 7.40. The van der Waals surface area contributed by atoms with E-state index in [0.717, 1.165) is 32.5 Å². The highest BCUT2D eigenvalue weighted by atomic mass is 16.5. The van der Waals surface area contributed by atoms with Gasteiger partial charge in [-0.2, -0.15) is 0 Å². The summed E-state index contributed by atoms with van der Waals surface area (Å²) in [6.07, 6.45) is 2.09. The zero-order chi connectivity index (χ0) is 17.1. The molecule has 3 rings (SSSR count). The number of aliphatic hydroxyl groups excluding tert-OH is 1. The Hall–Kier alpha value is -1.79. The lowest BCUT2D eigenvalue weighted by Gasteiger charge is -2.35. The molecule has 0 bridgehead atoms. The summed E-state index contributed by atoms with van der Waals surface area (Å²) in [6, 6.07) is 5.26. The van der Waals surface area contributed by atoms with Crippen LogP contribution in [0.2, 0.25) is 0 Å². The molecule has 1 aromatic carbocycles. The molecule has 1 amide bonds. The van der Waals surface area contributed by atoms with E-state index >= 15 is 0 Å². The first-order chi connectivity index (χ1) is 11.6. The van der Waals surface area contributed by atoms with Crippen molar-refractivity contribution in [2.75, 3.05) is 46.9 Å². The van der Waals surface area contributed by atoms with Crippen molar-refractivity contribution in [3.8, 4) is 11.5 Å². The molecule has 6 heteroatoms. The van der Waals surface area contributed by atoms with Gasteiger partial charge in [0.05, 0.1) is 25.9 Å². The van der Waals surface area contributed by atoms with Gasteiger partial charge in [-0.3, -0.25) is 9.69 Å². The van der Waals surface area contributed by atoms with Crippen LogP contribution < -0.4 is 9.47 Å². The van der Waals surface area contributed by atoms with E-state index in [1.165, 1.54) is 0 Å². The van der Waals surface area contributed by atoms with Crippen molar-refractivity contribution in [1.82, 2.24) is 9.80 Å². The fourth-order valence-electron chi connectivity index (χ4n) is 3.17. The maximum absolute atomic E-state index is 12.8. The molecule has 0 spiro atoms. The zero-order valence-corrected chi connectivity index (χ0v) is 14.4. The number of ether oxygens (including phenoxy) is 2. The Kier molecular flexibility index (Phi) is 5.26. The first kappa shape index (κ1) is 17.0. The molecule has 1 saturated heterocycles. The van der Waals surface area contributed by atoms with Crippen molar-refractivity contribution >= 4 is 5.91 Å². The summed E-state index contributed by atoms with van der Waals surface area (Å²) in [5.41, 5.74) is 0.560. The predicted octanol–water partition coefficient (Wildman–Crippen LogP) is 1.23. The van der Waals surface area contributed by atoms with E-state index in [1.807, 2.05) is 4.90 Å². The molecule has 132 valence electrons. The molecular weight excluding hydrogens is 308 g/mol. The highest BCUT2D eigenvalue weighted by Gasteiger charge is 2.32. The first-order valence-corrected chi connectivity index (χ1v) is 8.54. The van der Waals surface area contributed by atoms with Gasteiger partial charge in [-0.25, -0.2) is 0 Å². The molecule has 1 atom stereocenters. The minimum atomic E-state index is -0.214. The number of carbonyl (C=O) groups is 1. The highest BCUT2D eigenvalue weighted by Crippen LogP contribution is 2.33. The van der Waals surface area contributed by atoms with Crippen molar-refractivity contribution in [1.29, 1.82) is 0 Å². The van der Waals surface area contributed by atoms with Crippen LogP contribution in [0.4, 0.5) is 0 Å². The van der Waals surface area contributed by atoms with Gasteiger partial charge in [0.15, 0.2) is 0 Å². The standard InChI is InChI=1S/C18H26N2O4/c1-23-14-5-6-15(17(11-14)24-2)18(22)20-9-7-19(8-10-20)12-16(21)13-3-4-13/h5-6,11,13,16,21H,3-4,7-10,12H2,1-2H3/t16-/m0/s1. The summed E-state index contributed by atoms with van der Waals surface area (Å²) in [5.74, 6) is 1.68. The van der Waals surface area contributed by atoms with Gasteiger partial charge in [0.2, 0.25) is 0 Å². The normalized spacial score (nSPS) is 19.9.